The monoisotopic (exact) mass is 364 g/mol. The van der Waals surface area contributed by atoms with Gasteiger partial charge in [-0.05, 0) is 30.7 Å². The molecule has 1 saturated heterocycles. The Labute approximate surface area is 156 Å². The highest BCUT2D eigenvalue weighted by Gasteiger charge is 2.26. The van der Waals surface area contributed by atoms with E-state index in [0.717, 1.165) is 59.9 Å². The average Bonchev–Trinajstić information content (AvgIpc) is 3.28. The van der Waals surface area contributed by atoms with Crippen molar-refractivity contribution in [3.8, 4) is 5.75 Å². The molecule has 1 amide bonds. The normalized spacial score (nSPS) is 17.2. The molecule has 1 aromatic carbocycles. The molecule has 0 atom stereocenters. The molecule has 1 fully saturated rings. The number of carbonyl (C=O) groups excluding carboxylic acids is 1. The molecule has 2 aromatic heterocycles. The standard InChI is InChI=1S/C20H20N4O3/c1-12-8-15-17(10-21-20(15)25)23-19(12)24-6-4-13(5-7-24)27-14-2-3-16-18(9-14)26-11-22-16/h2-3,8-9,11,13H,4-7,10H2,1H3,(H,21,25). The van der Waals surface area contributed by atoms with Crippen LogP contribution in [-0.2, 0) is 6.54 Å². The molecule has 0 radical (unpaired) electrons. The summed E-state index contributed by atoms with van der Waals surface area (Å²) in [6.45, 7) is 4.29. The second-order valence-electron chi connectivity index (χ2n) is 7.09. The number of aromatic nitrogens is 2. The van der Waals surface area contributed by atoms with Crippen molar-refractivity contribution in [2.45, 2.75) is 32.4 Å². The number of fused-ring (bicyclic) bond motifs is 2. The Morgan fingerprint density at radius 2 is 2.11 bits per heavy atom. The summed E-state index contributed by atoms with van der Waals surface area (Å²) < 4.78 is 11.5. The first-order valence-corrected chi connectivity index (χ1v) is 9.21. The van der Waals surface area contributed by atoms with E-state index in [-0.39, 0.29) is 12.0 Å². The van der Waals surface area contributed by atoms with Crippen molar-refractivity contribution in [3.05, 3.63) is 47.5 Å². The lowest BCUT2D eigenvalue weighted by Gasteiger charge is -2.34. The van der Waals surface area contributed by atoms with Crippen LogP contribution in [0.1, 0.15) is 34.5 Å². The first-order chi connectivity index (χ1) is 13.2. The smallest absolute Gasteiger partial charge is 0.253 e. The fourth-order valence-electron chi connectivity index (χ4n) is 3.84. The van der Waals surface area contributed by atoms with E-state index in [2.05, 4.69) is 15.2 Å². The summed E-state index contributed by atoms with van der Waals surface area (Å²) in [6.07, 6.45) is 3.45. The number of nitrogens with one attached hydrogen (secondary N) is 1. The van der Waals surface area contributed by atoms with E-state index >= 15 is 0 Å². The number of aryl methyl sites for hydroxylation is 1. The zero-order valence-electron chi connectivity index (χ0n) is 15.1. The van der Waals surface area contributed by atoms with Gasteiger partial charge in [-0.1, -0.05) is 0 Å². The number of nitrogens with zero attached hydrogens (tertiary/aromatic N) is 3. The highest BCUT2D eigenvalue weighted by molar-refractivity contribution is 5.98. The number of benzene rings is 1. The second-order valence-corrected chi connectivity index (χ2v) is 7.09. The van der Waals surface area contributed by atoms with Crippen LogP contribution in [0.15, 0.2) is 35.1 Å². The number of rotatable bonds is 3. The van der Waals surface area contributed by atoms with Gasteiger partial charge >= 0.3 is 0 Å². The molecule has 7 heteroatoms. The molecule has 27 heavy (non-hydrogen) atoms. The van der Waals surface area contributed by atoms with Crippen molar-refractivity contribution in [2.24, 2.45) is 0 Å². The van der Waals surface area contributed by atoms with E-state index in [1.807, 2.05) is 31.2 Å². The van der Waals surface area contributed by atoms with E-state index in [9.17, 15) is 4.79 Å². The Kier molecular flexibility index (Phi) is 3.74. The van der Waals surface area contributed by atoms with Gasteiger partial charge in [-0.15, -0.1) is 0 Å². The highest BCUT2D eigenvalue weighted by Crippen LogP contribution is 2.28. The summed E-state index contributed by atoms with van der Waals surface area (Å²) in [7, 11) is 0. The molecule has 4 heterocycles. The fraction of sp³-hybridized carbons (Fsp3) is 0.350. The molecule has 0 bridgehead atoms. The minimum absolute atomic E-state index is 0.0250. The van der Waals surface area contributed by atoms with Gasteiger partial charge in [0.25, 0.3) is 5.91 Å². The molecule has 0 saturated carbocycles. The maximum Gasteiger partial charge on any atom is 0.253 e. The maximum absolute atomic E-state index is 11.8. The van der Waals surface area contributed by atoms with Crippen molar-refractivity contribution in [1.82, 2.24) is 15.3 Å². The number of carbonyl (C=O) groups is 1. The summed E-state index contributed by atoms with van der Waals surface area (Å²) in [5, 5.41) is 2.84. The van der Waals surface area contributed by atoms with Crippen LogP contribution in [-0.4, -0.2) is 35.1 Å². The summed E-state index contributed by atoms with van der Waals surface area (Å²) in [5.74, 6) is 1.77. The molecule has 0 spiro atoms. The number of amides is 1. The number of hydrogen-bond donors (Lipinski definition) is 1. The van der Waals surface area contributed by atoms with Gasteiger partial charge in [0, 0.05) is 32.0 Å². The van der Waals surface area contributed by atoms with Gasteiger partial charge in [0.05, 0.1) is 17.8 Å². The van der Waals surface area contributed by atoms with E-state index in [4.69, 9.17) is 14.1 Å². The van der Waals surface area contributed by atoms with Crippen LogP contribution >= 0.6 is 0 Å². The number of anilines is 1. The lowest BCUT2D eigenvalue weighted by Crippen LogP contribution is -2.39. The minimum atomic E-state index is -0.0250. The summed E-state index contributed by atoms with van der Waals surface area (Å²) >= 11 is 0. The van der Waals surface area contributed by atoms with Crippen molar-refractivity contribution in [2.75, 3.05) is 18.0 Å². The van der Waals surface area contributed by atoms with E-state index in [1.54, 1.807) is 0 Å². The summed E-state index contributed by atoms with van der Waals surface area (Å²) in [5.41, 5.74) is 4.17. The first-order valence-electron chi connectivity index (χ1n) is 9.21. The topological polar surface area (TPSA) is 80.5 Å². The number of hydrogen-bond acceptors (Lipinski definition) is 6. The fourth-order valence-corrected chi connectivity index (χ4v) is 3.84. The van der Waals surface area contributed by atoms with Crippen LogP contribution in [0.4, 0.5) is 5.82 Å². The number of piperidine rings is 1. The Bertz CT molecular complexity index is 1020. The van der Waals surface area contributed by atoms with Crippen molar-refractivity contribution in [1.29, 1.82) is 0 Å². The van der Waals surface area contributed by atoms with E-state index in [0.29, 0.717) is 12.1 Å². The molecular formula is C20H20N4O3. The average molecular weight is 364 g/mol. The summed E-state index contributed by atoms with van der Waals surface area (Å²) in [4.78, 5) is 23.0. The van der Waals surface area contributed by atoms with Gasteiger partial charge < -0.3 is 19.4 Å². The van der Waals surface area contributed by atoms with Crippen LogP contribution in [0.2, 0.25) is 0 Å². The predicted octanol–water partition coefficient (Wildman–Crippen LogP) is 2.82. The van der Waals surface area contributed by atoms with Gasteiger partial charge in [-0.2, -0.15) is 0 Å². The molecule has 7 nitrogen and oxygen atoms in total. The predicted molar refractivity (Wildman–Crippen MR) is 100 cm³/mol. The molecule has 3 aromatic rings. The third-order valence-corrected chi connectivity index (χ3v) is 5.27. The highest BCUT2D eigenvalue weighted by atomic mass is 16.5. The first kappa shape index (κ1) is 16.1. The lowest BCUT2D eigenvalue weighted by molar-refractivity contribution is 0.0965. The number of pyridine rings is 1. The Hall–Kier alpha value is -3.09. The number of oxazole rings is 1. The van der Waals surface area contributed by atoms with Crippen LogP contribution < -0.4 is 15.0 Å². The van der Waals surface area contributed by atoms with Crippen LogP contribution in [0.5, 0.6) is 5.75 Å². The number of ether oxygens (including phenoxy) is 1. The van der Waals surface area contributed by atoms with Crippen LogP contribution in [0.25, 0.3) is 11.1 Å². The third kappa shape index (κ3) is 2.89. The zero-order chi connectivity index (χ0) is 18.4. The Morgan fingerprint density at radius 1 is 1.26 bits per heavy atom. The van der Waals surface area contributed by atoms with E-state index in [1.165, 1.54) is 6.39 Å². The van der Waals surface area contributed by atoms with Gasteiger partial charge in [0.1, 0.15) is 23.2 Å². The molecule has 0 aliphatic carbocycles. The molecule has 0 unspecified atom stereocenters. The van der Waals surface area contributed by atoms with Crippen molar-refractivity contribution >= 4 is 22.8 Å². The molecule has 138 valence electrons. The molecule has 5 rings (SSSR count). The largest absolute Gasteiger partial charge is 0.490 e. The van der Waals surface area contributed by atoms with Crippen LogP contribution in [0, 0.1) is 6.92 Å². The van der Waals surface area contributed by atoms with Gasteiger partial charge in [-0.25, -0.2) is 9.97 Å². The van der Waals surface area contributed by atoms with E-state index < -0.39 is 0 Å². The van der Waals surface area contributed by atoms with Crippen molar-refractivity contribution in [3.63, 3.8) is 0 Å². The summed E-state index contributed by atoms with van der Waals surface area (Å²) in [6, 6.07) is 7.70. The second kappa shape index (κ2) is 6.26. The molecule has 2 aliphatic rings. The zero-order valence-corrected chi connectivity index (χ0v) is 15.1. The minimum Gasteiger partial charge on any atom is -0.490 e. The SMILES string of the molecule is Cc1cc2c(nc1N1CCC(Oc3ccc4ncoc4c3)CC1)CNC2=O. The Balaban J connectivity index is 1.27. The van der Waals surface area contributed by atoms with Gasteiger partial charge in [-0.3, -0.25) is 4.79 Å². The third-order valence-electron chi connectivity index (χ3n) is 5.27. The quantitative estimate of drug-likeness (QED) is 0.770. The van der Waals surface area contributed by atoms with Crippen molar-refractivity contribution < 1.29 is 13.9 Å². The van der Waals surface area contributed by atoms with Crippen LogP contribution in [0.3, 0.4) is 0 Å². The van der Waals surface area contributed by atoms with Gasteiger partial charge in [0.2, 0.25) is 0 Å². The molecule has 1 N–H and O–H groups in total. The van der Waals surface area contributed by atoms with Gasteiger partial charge in [0.15, 0.2) is 12.0 Å². The molecular weight excluding hydrogens is 344 g/mol. The lowest BCUT2D eigenvalue weighted by atomic mass is 10.1. The Morgan fingerprint density at radius 3 is 2.96 bits per heavy atom. The molecule has 2 aliphatic heterocycles. The maximum atomic E-state index is 11.8.